The lowest BCUT2D eigenvalue weighted by molar-refractivity contribution is -0.194. The Balaban J connectivity index is 0.000000111. The fraction of sp³-hybridized carbons (Fsp3) is 0.0714. The van der Waals surface area contributed by atoms with Crippen molar-refractivity contribution in [1.29, 1.82) is 0 Å². The molecule has 4 rings (SSSR count). The van der Waals surface area contributed by atoms with E-state index in [1.54, 1.807) is 0 Å². The van der Waals surface area contributed by atoms with Crippen molar-refractivity contribution in [1.82, 2.24) is 10.2 Å². The maximum atomic E-state index is 4.80. The van der Waals surface area contributed by atoms with Gasteiger partial charge in [-0.3, -0.25) is 5.10 Å². The SMILES string of the molecule is c1ccc2[nH]ncc2c1.c1ccc2c(c1)COO2. The Labute approximate surface area is 104 Å². The fourth-order valence-corrected chi connectivity index (χ4v) is 1.74. The quantitative estimate of drug-likeness (QED) is 0.614. The van der Waals surface area contributed by atoms with Crippen LogP contribution >= 0.6 is 0 Å². The third-order valence-corrected chi connectivity index (χ3v) is 2.69. The first-order valence-corrected chi connectivity index (χ1v) is 5.69. The number of hydrogen-bond acceptors (Lipinski definition) is 3. The highest BCUT2D eigenvalue weighted by Crippen LogP contribution is 2.24. The van der Waals surface area contributed by atoms with Crippen LogP contribution < -0.4 is 4.89 Å². The minimum Gasteiger partial charge on any atom is -0.337 e. The molecule has 1 aliphatic heterocycles. The molecule has 90 valence electrons. The molecular weight excluding hydrogens is 228 g/mol. The van der Waals surface area contributed by atoms with Gasteiger partial charge in [-0.2, -0.15) is 9.99 Å². The molecule has 4 heteroatoms. The summed E-state index contributed by atoms with van der Waals surface area (Å²) in [6.45, 7) is 0.580. The highest BCUT2D eigenvalue weighted by Gasteiger charge is 2.10. The summed E-state index contributed by atoms with van der Waals surface area (Å²) in [7, 11) is 0. The summed E-state index contributed by atoms with van der Waals surface area (Å²) in [5, 5.41) is 7.91. The molecule has 0 atom stereocenters. The van der Waals surface area contributed by atoms with Crippen molar-refractivity contribution in [2.45, 2.75) is 6.61 Å². The van der Waals surface area contributed by atoms with Gasteiger partial charge in [-0.25, -0.2) is 0 Å². The largest absolute Gasteiger partial charge is 0.337 e. The summed E-state index contributed by atoms with van der Waals surface area (Å²) in [6, 6.07) is 15.8. The Morgan fingerprint density at radius 3 is 2.72 bits per heavy atom. The van der Waals surface area contributed by atoms with Crippen LogP contribution in [0.4, 0.5) is 0 Å². The summed E-state index contributed by atoms with van der Waals surface area (Å²) in [4.78, 5) is 9.51. The van der Waals surface area contributed by atoms with E-state index >= 15 is 0 Å². The van der Waals surface area contributed by atoms with Crippen LogP contribution in [-0.4, -0.2) is 10.2 Å². The number of hydrogen-bond donors (Lipinski definition) is 1. The zero-order valence-electron chi connectivity index (χ0n) is 9.67. The molecule has 0 amide bonds. The molecule has 0 unspecified atom stereocenters. The Hall–Kier alpha value is -2.33. The first kappa shape index (κ1) is 10.8. The maximum absolute atomic E-state index is 4.80. The predicted molar refractivity (Wildman–Crippen MR) is 68.0 cm³/mol. The molecule has 2 heterocycles. The lowest BCUT2D eigenvalue weighted by atomic mass is 10.2. The van der Waals surface area contributed by atoms with Crippen LogP contribution in [-0.2, 0) is 11.5 Å². The number of para-hydroxylation sites is 2. The summed E-state index contributed by atoms with van der Waals surface area (Å²) in [5.74, 6) is 0.845. The molecule has 0 saturated heterocycles. The van der Waals surface area contributed by atoms with E-state index in [9.17, 15) is 0 Å². The number of H-pyrrole nitrogens is 1. The van der Waals surface area contributed by atoms with Gasteiger partial charge >= 0.3 is 0 Å². The second kappa shape index (κ2) is 4.89. The molecular formula is C14H12N2O2. The third-order valence-electron chi connectivity index (χ3n) is 2.69. The van der Waals surface area contributed by atoms with Crippen LogP contribution in [0.3, 0.4) is 0 Å². The van der Waals surface area contributed by atoms with Gasteiger partial charge in [0.15, 0.2) is 5.75 Å². The maximum Gasteiger partial charge on any atom is 0.171 e. The first-order chi connectivity index (χ1) is 8.93. The van der Waals surface area contributed by atoms with Gasteiger partial charge in [-0.1, -0.05) is 36.4 Å². The van der Waals surface area contributed by atoms with Gasteiger partial charge in [0.25, 0.3) is 0 Å². The van der Waals surface area contributed by atoms with Crippen molar-refractivity contribution in [3.05, 3.63) is 60.3 Å². The number of nitrogens with one attached hydrogen (secondary N) is 1. The van der Waals surface area contributed by atoms with E-state index in [0.717, 1.165) is 22.2 Å². The molecule has 4 nitrogen and oxygen atoms in total. The van der Waals surface area contributed by atoms with Crippen LogP contribution in [0.5, 0.6) is 5.75 Å². The first-order valence-electron chi connectivity index (χ1n) is 5.69. The average molecular weight is 240 g/mol. The summed E-state index contributed by atoms with van der Waals surface area (Å²) >= 11 is 0. The molecule has 1 aromatic heterocycles. The average Bonchev–Trinajstić information content (AvgIpc) is 3.08. The van der Waals surface area contributed by atoms with Crippen LogP contribution in [0.1, 0.15) is 5.56 Å². The lowest BCUT2D eigenvalue weighted by Crippen LogP contribution is -1.80. The molecule has 2 aromatic carbocycles. The molecule has 1 N–H and O–H groups in total. The highest BCUT2D eigenvalue weighted by molar-refractivity contribution is 5.77. The van der Waals surface area contributed by atoms with Gasteiger partial charge in [-0.15, -0.1) is 0 Å². The van der Waals surface area contributed by atoms with Crippen LogP contribution in [0.25, 0.3) is 10.9 Å². The van der Waals surface area contributed by atoms with Gasteiger partial charge in [-0.05, 0) is 12.1 Å². The number of rotatable bonds is 0. The van der Waals surface area contributed by atoms with Gasteiger partial charge in [0, 0.05) is 10.9 Å². The Morgan fingerprint density at radius 1 is 1.00 bits per heavy atom. The number of aromatic nitrogens is 2. The van der Waals surface area contributed by atoms with E-state index in [-0.39, 0.29) is 0 Å². The molecule has 3 aromatic rings. The standard InChI is InChI=1S/C7H6N2.C7H6O2/c2*1-2-4-7-6(3-1)5-8-9-7/h1-5H,(H,8,9);1-4H,5H2. The minimum absolute atomic E-state index is 0.580. The van der Waals surface area contributed by atoms with Crippen molar-refractivity contribution in [3.8, 4) is 5.75 Å². The Bertz CT molecular complexity index is 596. The van der Waals surface area contributed by atoms with E-state index in [0.29, 0.717) is 6.61 Å². The van der Waals surface area contributed by atoms with Crippen molar-refractivity contribution in [2.75, 3.05) is 0 Å². The second-order valence-electron chi connectivity index (χ2n) is 3.91. The molecule has 1 aliphatic rings. The van der Waals surface area contributed by atoms with Gasteiger partial charge in [0.2, 0.25) is 0 Å². The topological polar surface area (TPSA) is 47.1 Å². The Morgan fingerprint density at radius 2 is 1.83 bits per heavy atom. The van der Waals surface area contributed by atoms with E-state index < -0.39 is 0 Å². The zero-order valence-corrected chi connectivity index (χ0v) is 9.67. The lowest BCUT2D eigenvalue weighted by Gasteiger charge is -1.89. The van der Waals surface area contributed by atoms with Crippen molar-refractivity contribution < 1.29 is 9.78 Å². The number of nitrogens with zero attached hydrogens (tertiary/aromatic N) is 1. The van der Waals surface area contributed by atoms with E-state index in [1.165, 1.54) is 0 Å². The molecule has 0 bridgehead atoms. The summed E-state index contributed by atoms with van der Waals surface area (Å²) in [6.07, 6.45) is 1.81. The number of aromatic amines is 1. The van der Waals surface area contributed by atoms with E-state index in [4.69, 9.17) is 9.78 Å². The molecule has 18 heavy (non-hydrogen) atoms. The van der Waals surface area contributed by atoms with Crippen LogP contribution in [0.15, 0.2) is 54.7 Å². The number of fused-ring (bicyclic) bond motifs is 2. The summed E-state index contributed by atoms with van der Waals surface area (Å²) < 4.78 is 0. The third kappa shape index (κ3) is 2.19. The smallest absolute Gasteiger partial charge is 0.171 e. The monoisotopic (exact) mass is 240 g/mol. The van der Waals surface area contributed by atoms with E-state index in [1.807, 2.05) is 54.7 Å². The predicted octanol–water partition coefficient (Wildman–Crippen LogP) is 3.07. The zero-order chi connectivity index (χ0) is 12.2. The van der Waals surface area contributed by atoms with Crippen molar-refractivity contribution in [2.24, 2.45) is 0 Å². The minimum atomic E-state index is 0.580. The van der Waals surface area contributed by atoms with Gasteiger partial charge in [0.1, 0.15) is 6.61 Å². The highest BCUT2D eigenvalue weighted by atomic mass is 17.2. The van der Waals surface area contributed by atoms with Crippen LogP contribution in [0.2, 0.25) is 0 Å². The van der Waals surface area contributed by atoms with Gasteiger partial charge < -0.3 is 4.89 Å². The normalized spacial score (nSPS) is 12.4. The van der Waals surface area contributed by atoms with Crippen molar-refractivity contribution in [3.63, 3.8) is 0 Å². The number of benzene rings is 2. The van der Waals surface area contributed by atoms with Gasteiger partial charge in [0.05, 0.1) is 11.7 Å². The molecule has 0 fully saturated rings. The van der Waals surface area contributed by atoms with Crippen LogP contribution in [0, 0.1) is 0 Å². The molecule has 0 aliphatic carbocycles. The van der Waals surface area contributed by atoms with Crippen molar-refractivity contribution >= 4 is 10.9 Å². The summed E-state index contributed by atoms with van der Waals surface area (Å²) in [5.41, 5.74) is 2.22. The molecule has 0 saturated carbocycles. The second-order valence-corrected chi connectivity index (χ2v) is 3.91. The molecule has 0 radical (unpaired) electrons. The molecule has 0 spiro atoms. The Kier molecular flexibility index (Phi) is 2.94. The fourth-order valence-electron chi connectivity index (χ4n) is 1.74. The van der Waals surface area contributed by atoms with E-state index in [2.05, 4.69) is 10.2 Å².